The van der Waals surface area contributed by atoms with Gasteiger partial charge in [-0.15, -0.1) is 11.8 Å². The number of nitrogens with zero attached hydrogens (tertiary/aromatic N) is 2. The fraction of sp³-hybridized carbons (Fsp3) is 0.286. The SMILES string of the molecule is Cc1cc2c3c(cccc3c1-c1cc(SCCCC(N)=O)nc(N)n1)COC2. The lowest BCUT2D eigenvalue weighted by atomic mass is 9.90. The third-order valence-electron chi connectivity index (χ3n) is 4.83. The molecule has 0 radical (unpaired) electrons. The average Bonchev–Trinajstić information content (AvgIpc) is 2.65. The van der Waals surface area contributed by atoms with Crippen molar-refractivity contribution in [1.29, 1.82) is 0 Å². The number of nitrogen functional groups attached to an aromatic ring is 1. The Morgan fingerprint density at radius 1 is 1.21 bits per heavy atom. The minimum Gasteiger partial charge on any atom is -0.372 e. The zero-order chi connectivity index (χ0) is 19.7. The molecule has 0 spiro atoms. The number of hydrogen-bond acceptors (Lipinski definition) is 6. The van der Waals surface area contributed by atoms with Crippen molar-refractivity contribution >= 4 is 34.4 Å². The van der Waals surface area contributed by atoms with Crippen molar-refractivity contribution in [3.63, 3.8) is 0 Å². The van der Waals surface area contributed by atoms with Gasteiger partial charge in [-0.05, 0) is 52.6 Å². The molecule has 0 fully saturated rings. The highest BCUT2D eigenvalue weighted by atomic mass is 32.2. The Morgan fingerprint density at radius 3 is 2.86 bits per heavy atom. The van der Waals surface area contributed by atoms with E-state index in [1.807, 2.05) is 6.07 Å². The zero-order valence-corrected chi connectivity index (χ0v) is 16.5. The normalized spacial score (nSPS) is 13.0. The van der Waals surface area contributed by atoms with Gasteiger partial charge in [-0.1, -0.05) is 24.3 Å². The first kappa shape index (κ1) is 18.7. The van der Waals surface area contributed by atoms with E-state index in [0.29, 0.717) is 26.1 Å². The molecule has 1 aliphatic heterocycles. The van der Waals surface area contributed by atoms with Gasteiger partial charge in [0.15, 0.2) is 0 Å². The number of primary amides is 1. The second-order valence-electron chi connectivity index (χ2n) is 6.93. The molecule has 0 unspecified atom stereocenters. The molecule has 0 aliphatic carbocycles. The largest absolute Gasteiger partial charge is 0.372 e. The van der Waals surface area contributed by atoms with Gasteiger partial charge < -0.3 is 16.2 Å². The molecule has 1 aliphatic rings. The Morgan fingerprint density at radius 2 is 2.04 bits per heavy atom. The molecular formula is C21H22N4O2S. The third kappa shape index (κ3) is 3.68. The van der Waals surface area contributed by atoms with Crippen LogP contribution in [0.3, 0.4) is 0 Å². The maximum Gasteiger partial charge on any atom is 0.221 e. The second-order valence-corrected chi connectivity index (χ2v) is 8.04. The number of amides is 1. The summed E-state index contributed by atoms with van der Waals surface area (Å²) in [5, 5.41) is 3.22. The standard InChI is InChI=1S/C21H22N4O2S/c1-12-8-14-11-27-10-13-4-2-5-15(20(13)14)19(12)16-9-18(25-21(23)24-16)28-7-3-6-17(22)26/h2,4-5,8-9H,3,6-7,10-11H2,1H3,(H2,22,26)(H2,23,24,25). The molecule has 0 saturated heterocycles. The number of carbonyl (C=O) groups excluding carboxylic acids is 1. The van der Waals surface area contributed by atoms with Gasteiger partial charge in [-0.25, -0.2) is 9.97 Å². The van der Waals surface area contributed by atoms with Crippen LogP contribution >= 0.6 is 11.8 Å². The first-order valence-electron chi connectivity index (χ1n) is 9.21. The number of benzene rings is 2. The van der Waals surface area contributed by atoms with Crippen LogP contribution in [0.25, 0.3) is 22.0 Å². The summed E-state index contributed by atoms with van der Waals surface area (Å²) in [6.07, 6.45) is 1.08. The number of ether oxygens (including phenoxy) is 1. The van der Waals surface area contributed by atoms with Crippen LogP contribution in [0.5, 0.6) is 0 Å². The summed E-state index contributed by atoms with van der Waals surface area (Å²) in [7, 11) is 0. The molecule has 0 saturated carbocycles. The second kappa shape index (κ2) is 7.77. The first-order valence-corrected chi connectivity index (χ1v) is 10.2. The summed E-state index contributed by atoms with van der Waals surface area (Å²) in [5.41, 5.74) is 16.6. The predicted molar refractivity (Wildman–Crippen MR) is 112 cm³/mol. The molecule has 3 aromatic rings. The smallest absolute Gasteiger partial charge is 0.221 e. The van der Waals surface area contributed by atoms with Crippen LogP contribution < -0.4 is 11.5 Å². The molecule has 2 heterocycles. The van der Waals surface area contributed by atoms with Gasteiger partial charge in [0.1, 0.15) is 5.03 Å². The number of carbonyl (C=O) groups is 1. The predicted octanol–water partition coefficient (Wildman–Crippen LogP) is 3.58. The highest BCUT2D eigenvalue weighted by molar-refractivity contribution is 7.99. The molecule has 0 bridgehead atoms. The number of nitrogens with two attached hydrogens (primary N) is 2. The van der Waals surface area contributed by atoms with Gasteiger partial charge in [0.05, 0.1) is 18.9 Å². The molecule has 28 heavy (non-hydrogen) atoms. The summed E-state index contributed by atoms with van der Waals surface area (Å²) in [4.78, 5) is 19.8. The van der Waals surface area contributed by atoms with E-state index in [1.165, 1.54) is 21.9 Å². The van der Waals surface area contributed by atoms with Crippen LogP contribution in [0.2, 0.25) is 0 Å². The molecule has 1 amide bonds. The molecular weight excluding hydrogens is 372 g/mol. The quantitative estimate of drug-likeness (QED) is 0.376. The van der Waals surface area contributed by atoms with Gasteiger partial charge in [0.25, 0.3) is 0 Å². The average molecular weight is 395 g/mol. The monoisotopic (exact) mass is 394 g/mol. The maximum absolute atomic E-state index is 10.9. The molecule has 144 valence electrons. The molecule has 7 heteroatoms. The van der Waals surface area contributed by atoms with Crippen LogP contribution in [0.15, 0.2) is 35.4 Å². The van der Waals surface area contributed by atoms with Crippen LogP contribution in [-0.2, 0) is 22.7 Å². The lowest BCUT2D eigenvalue weighted by molar-refractivity contribution is -0.118. The molecule has 0 atom stereocenters. The highest BCUT2D eigenvalue weighted by Crippen LogP contribution is 2.38. The van der Waals surface area contributed by atoms with Crippen LogP contribution in [0.1, 0.15) is 29.5 Å². The lowest BCUT2D eigenvalue weighted by Crippen LogP contribution is -2.10. The van der Waals surface area contributed by atoms with Crippen molar-refractivity contribution in [2.45, 2.75) is 38.0 Å². The van der Waals surface area contributed by atoms with Gasteiger partial charge in [-0.2, -0.15) is 0 Å². The minimum atomic E-state index is -0.285. The molecule has 4 rings (SSSR count). The Balaban J connectivity index is 1.75. The maximum atomic E-state index is 10.9. The first-order chi connectivity index (χ1) is 13.5. The lowest BCUT2D eigenvalue weighted by Gasteiger charge is -2.21. The topological polar surface area (TPSA) is 104 Å². The van der Waals surface area contributed by atoms with E-state index in [9.17, 15) is 4.79 Å². The Bertz CT molecular complexity index is 1070. The fourth-order valence-electron chi connectivity index (χ4n) is 3.72. The third-order valence-corrected chi connectivity index (χ3v) is 5.83. The Hall–Kier alpha value is -2.64. The van der Waals surface area contributed by atoms with Gasteiger partial charge in [0, 0.05) is 12.0 Å². The number of thioether (sulfide) groups is 1. The summed E-state index contributed by atoms with van der Waals surface area (Å²) in [6, 6.07) is 10.5. The fourth-order valence-corrected chi connectivity index (χ4v) is 4.57. The van der Waals surface area contributed by atoms with Crippen molar-refractivity contribution in [3.05, 3.63) is 47.0 Å². The number of aromatic nitrogens is 2. The van der Waals surface area contributed by atoms with Crippen molar-refractivity contribution in [2.24, 2.45) is 5.73 Å². The highest BCUT2D eigenvalue weighted by Gasteiger charge is 2.19. The number of aryl methyl sites for hydroxylation is 1. The van der Waals surface area contributed by atoms with Gasteiger partial charge in [-0.3, -0.25) is 4.79 Å². The van der Waals surface area contributed by atoms with Crippen molar-refractivity contribution < 1.29 is 9.53 Å². The van der Waals surface area contributed by atoms with E-state index >= 15 is 0 Å². The van der Waals surface area contributed by atoms with Gasteiger partial charge >= 0.3 is 0 Å². The molecule has 6 nitrogen and oxygen atoms in total. The van der Waals surface area contributed by atoms with Gasteiger partial charge in [0.2, 0.25) is 11.9 Å². The van der Waals surface area contributed by atoms with Crippen molar-refractivity contribution in [3.8, 4) is 11.3 Å². The number of anilines is 1. The Kier molecular flexibility index (Phi) is 5.19. The molecule has 4 N–H and O–H groups in total. The number of hydrogen-bond donors (Lipinski definition) is 2. The number of rotatable bonds is 6. The summed E-state index contributed by atoms with van der Waals surface area (Å²) in [5.74, 6) is 0.712. The molecule has 1 aromatic heterocycles. The van der Waals surface area contributed by atoms with Crippen molar-refractivity contribution in [1.82, 2.24) is 9.97 Å². The van der Waals surface area contributed by atoms with E-state index in [1.54, 1.807) is 11.8 Å². The van der Waals surface area contributed by atoms with E-state index in [2.05, 4.69) is 41.2 Å². The van der Waals surface area contributed by atoms with E-state index < -0.39 is 0 Å². The minimum absolute atomic E-state index is 0.248. The summed E-state index contributed by atoms with van der Waals surface area (Å²) >= 11 is 1.56. The van der Waals surface area contributed by atoms with E-state index in [-0.39, 0.29) is 11.9 Å². The van der Waals surface area contributed by atoms with Crippen LogP contribution in [0, 0.1) is 6.92 Å². The summed E-state index contributed by atoms with van der Waals surface area (Å²) < 4.78 is 5.71. The van der Waals surface area contributed by atoms with E-state index in [4.69, 9.17) is 16.2 Å². The zero-order valence-electron chi connectivity index (χ0n) is 15.7. The molecule has 2 aromatic carbocycles. The Labute approximate surface area is 167 Å². The van der Waals surface area contributed by atoms with Crippen LogP contribution in [0.4, 0.5) is 5.95 Å². The summed E-state index contributed by atoms with van der Waals surface area (Å²) in [6.45, 7) is 3.34. The van der Waals surface area contributed by atoms with Crippen molar-refractivity contribution in [2.75, 3.05) is 11.5 Å². The van der Waals surface area contributed by atoms with Crippen LogP contribution in [-0.4, -0.2) is 21.6 Å². The van der Waals surface area contributed by atoms with E-state index in [0.717, 1.165) is 27.6 Å².